The number of hydrogen-bond acceptors (Lipinski definition) is 5. The van der Waals surface area contributed by atoms with Gasteiger partial charge in [-0.15, -0.1) is 0 Å². The molecule has 2 rings (SSSR count). The van der Waals surface area contributed by atoms with Crippen molar-refractivity contribution in [2.24, 2.45) is 5.92 Å². The summed E-state index contributed by atoms with van der Waals surface area (Å²) in [6.07, 6.45) is 1.17. The number of nitrogens with zero attached hydrogens (tertiary/aromatic N) is 2. The number of aliphatic hydroxyl groups excluding tert-OH is 1. The van der Waals surface area contributed by atoms with E-state index in [1.165, 1.54) is 11.4 Å². The highest BCUT2D eigenvalue weighted by atomic mass is 32.2. The number of halogens is 3. The van der Waals surface area contributed by atoms with Crippen molar-refractivity contribution in [3.63, 3.8) is 0 Å². The molecule has 1 aliphatic rings. The summed E-state index contributed by atoms with van der Waals surface area (Å²) in [5.74, 6) is 0.204. The molecule has 0 aliphatic heterocycles. The minimum atomic E-state index is -4.50. The highest BCUT2D eigenvalue weighted by Crippen LogP contribution is 2.31. The third-order valence-corrected chi connectivity index (χ3v) is 8.12. The highest BCUT2D eigenvalue weighted by molar-refractivity contribution is 7.89. The van der Waals surface area contributed by atoms with E-state index in [0.29, 0.717) is 19.7 Å². The second-order valence-electron chi connectivity index (χ2n) is 8.69. The maximum absolute atomic E-state index is 12.7. The Hall–Kier alpha value is -1.20. The molecule has 0 radical (unpaired) electrons. The number of ether oxygens (including phenoxy) is 1. The van der Waals surface area contributed by atoms with E-state index in [1.807, 2.05) is 0 Å². The number of hydrogen-bond donors (Lipinski definition) is 1. The normalized spacial score (nSPS) is 20.0. The lowest BCUT2D eigenvalue weighted by Crippen LogP contribution is -2.34. The second-order valence-corrected chi connectivity index (χ2v) is 10.7. The van der Waals surface area contributed by atoms with Gasteiger partial charge in [0, 0.05) is 26.7 Å². The lowest BCUT2D eigenvalue weighted by Gasteiger charge is -2.31. The first kappa shape index (κ1) is 28.0. The molecule has 1 aromatic carbocycles. The molecule has 10 heteroatoms. The minimum Gasteiger partial charge on any atom is -0.395 e. The molecule has 0 saturated heterocycles. The molecule has 6 nitrogen and oxygen atoms in total. The minimum absolute atomic E-state index is 0.129. The van der Waals surface area contributed by atoms with Gasteiger partial charge in [-0.2, -0.15) is 13.2 Å². The topological polar surface area (TPSA) is 70.1 Å². The Morgan fingerprint density at radius 3 is 2.24 bits per heavy atom. The summed E-state index contributed by atoms with van der Waals surface area (Å²) in [6, 6.07) is 3.64. The molecule has 33 heavy (non-hydrogen) atoms. The van der Waals surface area contributed by atoms with Gasteiger partial charge in [0.25, 0.3) is 0 Å². The molecule has 0 atom stereocenters. The second kappa shape index (κ2) is 13.0. The van der Waals surface area contributed by atoms with Crippen LogP contribution in [0.15, 0.2) is 29.2 Å². The van der Waals surface area contributed by atoms with Crippen molar-refractivity contribution in [2.75, 3.05) is 46.4 Å². The molecular formula is C23H37F3N2O4S. The van der Waals surface area contributed by atoms with Crippen molar-refractivity contribution in [2.45, 2.75) is 62.6 Å². The van der Waals surface area contributed by atoms with E-state index < -0.39 is 21.8 Å². The van der Waals surface area contributed by atoms with Crippen LogP contribution in [-0.4, -0.2) is 75.3 Å². The molecule has 190 valence electrons. The van der Waals surface area contributed by atoms with Crippen molar-refractivity contribution in [3.8, 4) is 0 Å². The van der Waals surface area contributed by atoms with Crippen molar-refractivity contribution < 1.29 is 31.4 Å². The van der Waals surface area contributed by atoms with Crippen LogP contribution in [0.3, 0.4) is 0 Å². The summed E-state index contributed by atoms with van der Waals surface area (Å²) < 4.78 is 70.9. The number of benzene rings is 1. The van der Waals surface area contributed by atoms with Gasteiger partial charge in [0.1, 0.15) is 0 Å². The Labute approximate surface area is 195 Å². The van der Waals surface area contributed by atoms with Crippen LogP contribution in [0.4, 0.5) is 13.2 Å². The van der Waals surface area contributed by atoms with Gasteiger partial charge in [-0.25, -0.2) is 12.7 Å². The van der Waals surface area contributed by atoms with E-state index in [1.54, 1.807) is 0 Å². The van der Waals surface area contributed by atoms with Crippen molar-refractivity contribution in [1.29, 1.82) is 0 Å². The highest BCUT2D eigenvalue weighted by Gasteiger charge is 2.32. The van der Waals surface area contributed by atoms with Crippen LogP contribution < -0.4 is 0 Å². The third-order valence-electron chi connectivity index (χ3n) is 6.28. The molecule has 1 fully saturated rings. The van der Waals surface area contributed by atoms with Crippen LogP contribution in [0.5, 0.6) is 0 Å². The fraction of sp³-hybridized carbons (Fsp3) is 0.739. The first-order chi connectivity index (χ1) is 15.6. The molecule has 0 heterocycles. The van der Waals surface area contributed by atoms with Crippen LogP contribution >= 0.6 is 0 Å². The summed E-state index contributed by atoms with van der Waals surface area (Å²) in [4.78, 5) is 2.08. The Balaban J connectivity index is 1.72. The van der Waals surface area contributed by atoms with Gasteiger partial charge in [0.15, 0.2) is 0 Å². The van der Waals surface area contributed by atoms with E-state index >= 15 is 0 Å². The van der Waals surface area contributed by atoms with E-state index in [-0.39, 0.29) is 23.5 Å². The predicted octanol–water partition coefficient (Wildman–Crippen LogP) is 4.00. The summed E-state index contributed by atoms with van der Waals surface area (Å²) in [7, 11) is -2.35. The molecule has 0 amide bonds. The van der Waals surface area contributed by atoms with Crippen molar-refractivity contribution >= 4 is 10.0 Å². The molecular weight excluding hydrogens is 457 g/mol. The number of rotatable bonds is 13. The Kier molecular flexibility index (Phi) is 11.1. The predicted molar refractivity (Wildman–Crippen MR) is 121 cm³/mol. The van der Waals surface area contributed by atoms with Crippen molar-refractivity contribution in [3.05, 3.63) is 29.8 Å². The number of likely N-dealkylation sites (N-methyl/N-ethyl adjacent to an activating group) is 1. The van der Waals surface area contributed by atoms with Crippen LogP contribution in [0.1, 0.15) is 51.0 Å². The largest absolute Gasteiger partial charge is 0.416 e. The summed E-state index contributed by atoms with van der Waals surface area (Å²) in [5.41, 5.74) is -0.865. The lowest BCUT2D eigenvalue weighted by molar-refractivity contribution is -0.137. The van der Waals surface area contributed by atoms with E-state index in [2.05, 4.69) is 11.8 Å². The fourth-order valence-electron chi connectivity index (χ4n) is 4.20. The Morgan fingerprint density at radius 2 is 1.70 bits per heavy atom. The first-order valence-electron chi connectivity index (χ1n) is 11.7. The number of alkyl halides is 3. The standard InChI is InChI=1S/C23H37F3N2O4S/c1-3-28(15-16-29)14-4-5-17-32-21-10-6-19(7-11-21)18-27(2)33(30,31)22-12-8-20(9-13-22)23(24,25)26/h8-9,12-13,19,21,29H,3-7,10-11,14-18H2,1-2H3. The smallest absolute Gasteiger partial charge is 0.395 e. The van der Waals surface area contributed by atoms with Gasteiger partial charge < -0.3 is 14.7 Å². The molecule has 1 saturated carbocycles. The van der Waals surface area contributed by atoms with Gasteiger partial charge in [-0.05, 0) is 81.8 Å². The van der Waals surface area contributed by atoms with Gasteiger partial charge in [0.2, 0.25) is 10.0 Å². The molecule has 0 spiro atoms. The Morgan fingerprint density at radius 1 is 1.06 bits per heavy atom. The zero-order valence-electron chi connectivity index (χ0n) is 19.6. The molecule has 0 aromatic heterocycles. The third kappa shape index (κ3) is 8.83. The van der Waals surface area contributed by atoms with Gasteiger partial charge >= 0.3 is 6.18 Å². The fourth-order valence-corrected chi connectivity index (χ4v) is 5.44. The maximum Gasteiger partial charge on any atom is 0.416 e. The van der Waals surface area contributed by atoms with E-state index in [9.17, 15) is 21.6 Å². The van der Waals surface area contributed by atoms with Crippen LogP contribution in [0, 0.1) is 5.92 Å². The van der Waals surface area contributed by atoms with E-state index in [4.69, 9.17) is 9.84 Å². The summed E-state index contributed by atoms with van der Waals surface area (Å²) in [6.45, 7) is 5.87. The van der Waals surface area contributed by atoms with Crippen molar-refractivity contribution in [1.82, 2.24) is 9.21 Å². The molecule has 1 aliphatic carbocycles. The lowest BCUT2D eigenvalue weighted by atomic mass is 9.87. The van der Waals surface area contributed by atoms with Crippen LogP contribution in [0.25, 0.3) is 0 Å². The monoisotopic (exact) mass is 494 g/mol. The molecule has 0 unspecified atom stereocenters. The Bertz CT molecular complexity index is 795. The number of sulfonamides is 1. The number of aliphatic hydroxyl groups is 1. The first-order valence-corrected chi connectivity index (χ1v) is 13.1. The molecule has 0 bridgehead atoms. The SMILES string of the molecule is CCN(CCO)CCCCOC1CCC(CN(C)S(=O)(=O)c2ccc(C(F)(F)F)cc2)CC1. The summed E-state index contributed by atoms with van der Waals surface area (Å²) >= 11 is 0. The van der Waals surface area contributed by atoms with Crippen LogP contribution in [0.2, 0.25) is 0 Å². The molecule has 1 N–H and O–H groups in total. The summed E-state index contributed by atoms with van der Waals surface area (Å²) in [5, 5.41) is 9.02. The van der Waals surface area contributed by atoms with Gasteiger partial charge in [-0.1, -0.05) is 6.92 Å². The zero-order chi connectivity index (χ0) is 24.5. The van der Waals surface area contributed by atoms with Crippen LogP contribution in [-0.2, 0) is 20.9 Å². The quantitative estimate of drug-likeness (QED) is 0.420. The van der Waals surface area contributed by atoms with E-state index in [0.717, 1.165) is 75.9 Å². The van der Waals surface area contributed by atoms with Gasteiger partial charge in [0.05, 0.1) is 23.2 Å². The molecule has 1 aromatic rings. The van der Waals surface area contributed by atoms with Gasteiger partial charge in [-0.3, -0.25) is 0 Å². The zero-order valence-corrected chi connectivity index (χ0v) is 20.4. The average molecular weight is 495 g/mol. The number of unbranched alkanes of at least 4 members (excludes halogenated alkanes) is 1. The average Bonchev–Trinajstić information content (AvgIpc) is 2.78. The maximum atomic E-state index is 12.7.